The Bertz CT molecular complexity index is 991. The Kier molecular flexibility index (Phi) is 5.52. The maximum absolute atomic E-state index is 12.4. The van der Waals surface area contributed by atoms with Crippen molar-refractivity contribution >= 4 is 45.7 Å². The second-order valence-corrected chi connectivity index (χ2v) is 6.90. The number of imide groups is 1. The van der Waals surface area contributed by atoms with Crippen molar-refractivity contribution in [1.29, 1.82) is 5.26 Å². The lowest BCUT2D eigenvalue weighted by atomic mass is 10.2. The number of carbonyl (C=O) groups excluding carboxylic acids is 4. The van der Waals surface area contributed by atoms with Gasteiger partial charge >= 0.3 is 5.97 Å². The van der Waals surface area contributed by atoms with E-state index >= 15 is 0 Å². The van der Waals surface area contributed by atoms with Crippen LogP contribution in [0, 0.1) is 11.3 Å². The van der Waals surface area contributed by atoms with Crippen molar-refractivity contribution in [3.63, 3.8) is 0 Å². The van der Waals surface area contributed by atoms with Gasteiger partial charge in [-0.3, -0.25) is 19.3 Å². The maximum Gasteiger partial charge on any atom is 0.338 e. The zero-order valence-corrected chi connectivity index (χ0v) is 15.6. The van der Waals surface area contributed by atoms with E-state index in [1.54, 1.807) is 17.5 Å². The molecule has 1 aromatic carbocycles. The third kappa shape index (κ3) is 3.92. The van der Waals surface area contributed by atoms with Gasteiger partial charge in [0.1, 0.15) is 11.1 Å². The third-order valence-corrected chi connectivity index (χ3v) is 4.90. The molecule has 0 unspecified atom stereocenters. The van der Waals surface area contributed by atoms with Crippen LogP contribution in [0.4, 0.5) is 10.7 Å². The van der Waals surface area contributed by atoms with Gasteiger partial charge in [0.15, 0.2) is 6.10 Å². The highest BCUT2D eigenvalue weighted by Crippen LogP contribution is 2.24. The number of nitrogens with zero attached hydrogens (tertiary/aromatic N) is 2. The largest absolute Gasteiger partial charge is 0.449 e. The van der Waals surface area contributed by atoms with Crippen LogP contribution in [0.15, 0.2) is 35.7 Å². The van der Waals surface area contributed by atoms with Crippen LogP contribution in [0.5, 0.6) is 0 Å². The second-order valence-electron chi connectivity index (χ2n) is 5.99. The van der Waals surface area contributed by atoms with Crippen molar-refractivity contribution in [2.24, 2.45) is 0 Å². The van der Waals surface area contributed by atoms with Crippen molar-refractivity contribution in [3.8, 4) is 6.07 Å². The van der Waals surface area contributed by atoms with Crippen LogP contribution in [-0.4, -0.2) is 29.8 Å². The molecular formula is C19H15N3O5S. The number of anilines is 2. The number of hydrogen-bond donors (Lipinski definition) is 1. The number of nitriles is 1. The normalized spacial score (nSPS) is 14.5. The van der Waals surface area contributed by atoms with Gasteiger partial charge in [0, 0.05) is 12.8 Å². The molecule has 1 aromatic heterocycles. The van der Waals surface area contributed by atoms with Crippen LogP contribution in [0.2, 0.25) is 0 Å². The minimum Gasteiger partial charge on any atom is -0.449 e. The fourth-order valence-corrected chi connectivity index (χ4v) is 3.37. The number of hydrogen-bond acceptors (Lipinski definition) is 7. The molecule has 8 nitrogen and oxygen atoms in total. The van der Waals surface area contributed by atoms with Crippen LogP contribution in [0.25, 0.3) is 0 Å². The lowest BCUT2D eigenvalue weighted by molar-refractivity contribution is -0.124. The monoisotopic (exact) mass is 397 g/mol. The SMILES string of the molecule is C[C@H](OC(=O)c1cccc(N2C(=O)CCC2=O)c1)C(=O)Nc1sccc1C#N. The van der Waals surface area contributed by atoms with Crippen molar-refractivity contribution in [1.82, 2.24) is 0 Å². The number of thiophene rings is 1. The van der Waals surface area contributed by atoms with Gasteiger partial charge in [0.2, 0.25) is 11.8 Å². The van der Waals surface area contributed by atoms with E-state index in [0.717, 1.165) is 4.90 Å². The molecule has 3 rings (SSSR count). The lowest BCUT2D eigenvalue weighted by Crippen LogP contribution is -2.30. The van der Waals surface area contributed by atoms with E-state index in [-0.39, 0.29) is 35.9 Å². The molecule has 0 radical (unpaired) electrons. The number of ether oxygens (including phenoxy) is 1. The molecule has 3 amide bonds. The highest BCUT2D eigenvalue weighted by molar-refractivity contribution is 7.14. The Morgan fingerprint density at radius 3 is 2.64 bits per heavy atom. The van der Waals surface area contributed by atoms with E-state index in [1.165, 1.54) is 36.5 Å². The van der Waals surface area contributed by atoms with Gasteiger partial charge in [-0.15, -0.1) is 11.3 Å². The first-order chi connectivity index (χ1) is 13.4. The fourth-order valence-electron chi connectivity index (χ4n) is 2.63. The summed E-state index contributed by atoms with van der Waals surface area (Å²) >= 11 is 1.19. The Balaban J connectivity index is 1.68. The quantitative estimate of drug-likeness (QED) is 0.612. The molecule has 2 heterocycles. The highest BCUT2D eigenvalue weighted by Gasteiger charge is 2.31. The average Bonchev–Trinajstić information content (AvgIpc) is 3.27. The first-order valence-electron chi connectivity index (χ1n) is 8.36. The van der Waals surface area contributed by atoms with E-state index in [9.17, 15) is 19.2 Å². The second kappa shape index (κ2) is 8.02. The average molecular weight is 397 g/mol. The van der Waals surface area contributed by atoms with E-state index in [1.807, 2.05) is 6.07 Å². The first-order valence-corrected chi connectivity index (χ1v) is 9.24. The summed E-state index contributed by atoms with van der Waals surface area (Å²) in [5, 5.41) is 13.6. The summed E-state index contributed by atoms with van der Waals surface area (Å²) in [5.74, 6) is -2.00. The molecule has 9 heteroatoms. The summed E-state index contributed by atoms with van der Waals surface area (Å²) in [6.07, 6.45) is -0.837. The minimum absolute atomic E-state index is 0.110. The van der Waals surface area contributed by atoms with Gasteiger partial charge in [-0.25, -0.2) is 4.79 Å². The summed E-state index contributed by atoms with van der Waals surface area (Å²) in [4.78, 5) is 49.3. The zero-order chi connectivity index (χ0) is 20.3. The summed E-state index contributed by atoms with van der Waals surface area (Å²) in [6.45, 7) is 1.41. The molecule has 1 aliphatic heterocycles. The molecule has 1 saturated heterocycles. The highest BCUT2D eigenvalue weighted by atomic mass is 32.1. The summed E-state index contributed by atoms with van der Waals surface area (Å²) in [7, 11) is 0. The third-order valence-electron chi connectivity index (χ3n) is 4.07. The molecule has 0 bridgehead atoms. The number of nitrogens with one attached hydrogen (secondary N) is 1. The Hall–Kier alpha value is -3.51. The molecule has 2 aromatic rings. The summed E-state index contributed by atoms with van der Waals surface area (Å²) in [5.41, 5.74) is 0.722. The van der Waals surface area contributed by atoms with E-state index in [2.05, 4.69) is 5.32 Å². The molecule has 1 N–H and O–H groups in total. The first kappa shape index (κ1) is 19.3. The van der Waals surface area contributed by atoms with E-state index < -0.39 is 18.0 Å². The number of benzene rings is 1. The van der Waals surface area contributed by atoms with Crippen LogP contribution >= 0.6 is 11.3 Å². The summed E-state index contributed by atoms with van der Waals surface area (Å²) in [6, 6.07) is 9.45. The molecule has 1 fully saturated rings. The van der Waals surface area contributed by atoms with E-state index in [4.69, 9.17) is 10.00 Å². The topological polar surface area (TPSA) is 117 Å². The van der Waals surface area contributed by atoms with Gasteiger partial charge in [0.05, 0.1) is 16.8 Å². The molecule has 0 saturated carbocycles. The van der Waals surface area contributed by atoms with Crippen LogP contribution < -0.4 is 10.2 Å². The van der Waals surface area contributed by atoms with E-state index in [0.29, 0.717) is 10.6 Å². The molecular weight excluding hydrogens is 382 g/mol. The minimum atomic E-state index is -1.11. The smallest absolute Gasteiger partial charge is 0.338 e. The molecule has 1 atom stereocenters. The Morgan fingerprint density at radius 1 is 1.25 bits per heavy atom. The van der Waals surface area contributed by atoms with Crippen molar-refractivity contribution in [2.45, 2.75) is 25.9 Å². The van der Waals surface area contributed by atoms with Crippen LogP contribution in [0.1, 0.15) is 35.7 Å². The molecule has 142 valence electrons. The Labute approximate surface area is 164 Å². The number of carbonyl (C=O) groups is 4. The predicted molar refractivity (Wildman–Crippen MR) is 101 cm³/mol. The maximum atomic E-state index is 12.4. The molecule has 0 spiro atoms. The number of esters is 1. The van der Waals surface area contributed by atoms with Gasteiger partial charge in [0.25, 0.3) is 5.91 Å². The molecule has 28 heavy (non-hydrogen) atoms. The Morgan fingerprint density at radius 2 is 1.96 bits per heavy atom. The predicted octanol–water partition coefficient (Wildman–Crippen LogP) is 2.46. The van der Waals surface area contributed by atoms with Gasteiger partial charge < -0.3 is 10.1 Å². The lowest BCUT2D eigenvalue weighted by Gasteiger charge is -2.16. The number of rotatable bonds is 5. The van der Waals surface area contributed by atoms with Crippen LogP contribution in [0.3, 0.4) is 0 Å². The zero-order valence-electron chi connectivity index (χ0n) is 14.8. The molecule has 0 aliphatic carbocycles. The van der Waals surface area contributed by atoms with Crippen LogP contribution in [-0.2, 0) is 19.1 Å². The van der Waals surface area contributed by atoms with Crippen molar-refractivity contribution < 1.29 is 23.9 Å². The standard InChI is InChI=1S/C19H15N3O5S/c1-11(17(25)21-18-13(10-20)7-8-28-18)27-19(26)12-3-2-4-14(9-12)22-15(23)5-6-16(22)24/h2-4,7-9,11H,5-6H2,1H3,(H,21,25)/t11-/m0/s1. The summed E-state index contributed by atoms with van der Waals surface area (Å²) < 4.78 is 5.17. The van der Waals surface area contributed by atoms with Gasteiger partial charge in [-0.2, -0.15) is 5.26 Å². The van der Waals surface area contributed by atoms with Crippen molar-refractivity contribution in [2.75, 3.05) is 10.2 Å². The molecule has 1 aliphatic rings. The van der Waals surface area contributed by atoms with Gasteiger partial charge in [-0.05, 0) is 36.6 Å². The van der Waals surface area contributed by atoms with Gasteiger partial charge in [-0.1, -0.05) is 6.07 Å². The van der Waals surface area contributed by atoms with Crippen molar-refractivity contribution in [3.05, 3.63) is 46.8 Å². The fraction of sp³-hybridized carbons (Fsp3) is 0.211. The number of amides is 3.